The summed E-state index contributed by atoms with van der Waals surface area (Å²) in [6, 6.07) is 7.61. The van der Waals surface area contributed by atoms with Gasteiger partial charge in [0.15, 0.2) is 11.5 Å². The molecule has 0 aliphatic carbocycles. The fourth-order valence-corrected chi connectivity index (χ4v) is 3.72. The highest BCUT2D eigenvalue weighted by Crippen LogP contribution is 2.38. The fraction of sp³-hybridized carbons (Fsp3) is 0.304. The molecular formula is C23H22ClFN4O4. The number of phenolic OH excluding ortho intramolecular Hbond substituents is 1. The topological polar surface area (TPSA) is 99.9 Å². The van der Waals surface area contributed by atoms with Crippen molar-refractivity contribution in [3.63, 3.8) is 0 Å². The van der Waals surface area contributed by atoms with Crippen molar-refractivity contribution in [3.8, 4) is 23.3 Å². The molecule has 0 atom stereocenters. The van der Waals surface area contributed by atoms with Crippen molar-refractivity contribution >= 4 is 33.9 Å². The molecule has 1 fully saturated rings. The Morgan fingerprint density at radius 3 is 2.79 bits per heavy atom. The minimum atomic E-state index is -0.679. The molecule has 0 bridgehead atoms. The average Bonchev–Trinajstić information content (AvgIpc) is 2.83. The molecule has 2 N–H and O–H groups in total. The van der Waals surface area contributed by atoms with Crippen molar-refractivity contribution < 1.29 is 23.7 Å². The number of methoxy groups -OCH3 is 1. The first-order chi connectivity index (χ1) is 16.0. The lowest BCUT2D eigenvalue weighted by atomic mass is 10.1. The number of morpholine rings is 1. The Morgan fingerprint density at radius 2 is 2.06 bits per heavy atom. The highest BCUT2D eigenvalue weighted by atomic mass is 35.5. The van der Waals surface area contributed by atoms with E-state index in [0.29, 0.717) is 47.9 Å². The molecule has 0 unspecified atom stereocenters. The first-order valence-electron chi connectivity index (χ1n) is 10.3. The number of nitriles is 1. The van der Waals surface area contributed by atoms with E-state index >= 15 is 0 Å². The zero-order valence-electron chi connectivity index (χ0n) is 17.9. The third-order valence-corrected chi connectivity index (χ3v) is 5.64. The molecule has 172 valence electrons. The Morgan fingerprint density at radius 1 is 1.27 bits per heavy atom. The Hall–Kier alpha value is -3.32. The molecule has 1 aromatic heterocycles. The van der Waals surface area contributed by atoms with Crippen molar-refractivity contribution in [1.29, 1.82) is 5.26 Å². The lowest BCUT2D eigenvalue weighted by Crippen LogP contribution is -2.38. The van der Waals surface area contributed by atoms with Gasteiger partial charge in [0.1, 0.15) is 24.2 Å². The van der Waals surface area contributed by atoms with Crippen LogP contribution in [0, 0.1) is 17.1 Å². The first-order valence-corrected chi connectivity index (χ1v) is 10.7. The zero-order chi connectivity index (χ0) is 23.4. The van der Waals surface area contributed by atoms with Crippen LogP contribution in [0.15, 0.2) is 30.5 Å². The highest BCUT2D eigenvalue weighted by Gasteiger charge is 2.17. The Labute approximate surface area is 195 Å². The van der Waals surface area contributed by atoms with Gasteiger partial charge in [-0.15, -0.1) is 0 Å². The van der Waals surface area contributed by atoms with Crippen LogP contribution in [0.4, 0.5) is 15.8 Å². The normalized spacial score (nSPS) is 14.1. The minimum absolute atomic E-state index is 0.0364. The summed E-state index contributed by atoms with van der Waals surface area (Å²) < 4.78 is 31.3. The van der Waals surface area contributed by atoms with Crippen molar-refractivity contribution in [2.75, 3.05) is 51.9 Å². The number of phenols is 1. The molecule has 3 aromatic rings. The molecule has 4 rings (SSSR count). The molecule has 1 saturated heterocycles. The van der Waals surface area contributed by atoms with Gasteiger partial charge in [-0.05, 0) is 12.1 Å². The molecule has 0 radical (unpaired) electrons. The smallest absolute Gasteiger partial charge is 0.163 e. The second-order valence-electron chi connectivity index (χ2n) is 7.39. The van der Waals surface area contributed by atoms with Gasteiger partial charge in [0.2, 0.25) is 0 Å². The van der Waals surface area contributed by atoms with Gasteiger partial charge >= 0.3 is 0 Å². The largest absolute Gasteiger partial charge is 0.506 e. The van der Waals surface area contributed by atoms with Gasteiger partial charge in [-0.1, -0.05) is 11.6 Å². The Kier molecular flexibility index (Phi) is 6.99. The van der Waals surface area contributed by atoms with Gasteiger partial charge in [-0.2, -0.15) is 5.26 Å². The molecule has 2 heterocycles. The summed E-state index contributed by atoms with van der Waals surface area (Å²) in [4.78, 5) is 6.61. The first kappa shape index (κ1) is 22.9. The van der Waals surface area contributed by atoms with E-state index in [2.05, 4.69) is 21.3 Å². The van der Waals surface area contributed by atoms with Gasteiger partial charge in [0, 0.05) is 43.4 Å². The number of ether oxygens (including phenoxy) is 3. The highest BCUT2D eigenvalue weighted by molar-refractivity contribution is 6.32. The molecule has 0 spiro atoms. The predicted octanol–water partition coefficient (Wildman–Crippen LogP) is 4.07. The minimum Gasteiger partial charge on any atom is -0.506 e. The van der Waals surface area contributed by atoms with Gasteiger partial charge < -0.3 is 24.6 Å². The van der Waals surface area contributed by atoms with Crippen molar-refractivity contribution in [1.82, 2.24) is 9.88 Å². The van der Waals surface area contributed by atoms with E-state index in [4.69, 9.17) is 25.8 Å². The van der Waals surface area contributed by atoms with Gasteiger partial charge in [-0.3, -0.25) is 9.88 Å². The molecule has 1 aliphatic rings. The van der Waals surface area contributed by atoms with Crippen LogP contribution in [0.1, 0.15) is 5.56 Å². The van der Waals surface area contributed by atoms with Gasteiger partial charge in [0.25, 0.3) is 0 Å². The molecule has 0 amide bonds. The monoisotopic (exact) mass is 472 g/mol. The number of nitrogens with zero attached hydrogens (tertiary/aromatic N) is 3. The number of fused-ring (bicyclic) bond motifs is 1. The molecule has 1 aliphatic heterocycles. The maximum Gasteiger partial charge on any atom is 0.163 e. The van der Waals surface area contributed by atoms with Crippen LogP contribution >= 0.6 is 11.6 Å². The maximum atomic E-state index is 14.4. The van der Waals surface area contributed by atoms with Gasteiger partial charge in [-0.25, -0.2) is 4.39 Å². The van der Waals surface area contributed by atoms with E-state index in [-0.39, 0.29) is 22.0 Å². The molecule has 33 heavy (non-hydrogen) atoms. The van der Waals surface area contributed by atoms with E-state index < -0.39 is 5.82 Å². The van der Waals surface area contributed by atoms with E-state index in [1.54, 1.807) is 12.1 Å². The van der Waals surface area contributed by atoms with Crippen LogP contribution < -0.4 is 14.8 Å². The molecule has 2 aromatic carbocycles. The fourth-order valence-electron chi connectivity index (χ4n) is 3.57. The number of aromatic nitrogens is 1. The Balaban J connectivity index is 1.66. The summed E-state index contributed by atoms with van der Waals surface area (Å²) >= 11 is 5.77. The summed E-state index contributed by atoms with van der Waals surface area (Å²) in [6.07, 6.45) is 1.39. The lowest BCUT2D eigenvalue weighted by Gasteiger charge is -2.26. The predicted molar refractivity (Wildman–Crippen MR) is 122 cm³/mol. The molecule has 0 saturated carbocycles. The molecule has 8 nitrogen and oxygen atoms in total. The second kappa shape index (κ2) is 10.1. The van der Waals surface area contributed by atoms with Crippen LogP contribution in [0.2, 0.25) is 5.02 Å². The number of hydrogen-bond acceptors (Lipinski definition) is 8. The van der Waals surface area contributed by atoms with Crippen molar-refractivity contribution in [2.24, 2.45) is 0 Å². The number of aromatic hydroxyl groups is 1. The van der Waals surface area contributed by atoms with Crippen LogP contribution in [0.5, 0.6) is 17.2 Å². The number of halogens is 2. The van der Waals surface area contributed by atoms with Gasteiger partial charge in [0.05, 0.1) is 47.8 Å². The lowest BCUT2D eigenvalue weighted by molar-refractivity contribution is 0.0321. The van der Waals surface area contributed by atoms with E-state index in [9.17, 15) is 14.8 Å². The summed E-state index contributed by atoms with van der Waals surface area (Å²) in [6.45, 7) is 4.36. The second-order valence-corrected chi connectivity index (χ2v) is 7.80. The summed E-state index contributed by atoms with van der Waals surface area (Å²) in [5.41, 5.74) is 1.00. The maximum absolute atomic E-state index is 14.4. The average molecular weight is 473 g/mol. The number of benzene rings is 2. The van der Waals surface area contributed by atoms with Crippen molar-refractivity contribution in [3.05, 3.63) is 46.9 Å². The van der Waals surface area contributed by atoms with Crippen LogP contribution in [0.25, 0.3) is 10.9 Å². The van der Waals surface area contributed by atoms with Crippen LogP contribution in [-0.4, -0.2) is 61.6 Å². The standard InChI is InChI=1S/C23H22ClFN4O4/c1-31-21-8-15-18(11-22(21)33-7-4-29-2-5-32-6-3-29)27-13-14(12-26)23(15)28-19-10-20(30)16(24)9-17(19)25/h8-11,13,30H,2-7H2,1H3,(H,27,28). The number of hydrogen-bond donors (Lipinski definition) is 2. The van der Waals surface area contributed by atoms with Crippen LogP contribution in [-0.2, 0) is 4.74 Å². The number of anilines is 2. The summed E-state index contributed by atoms with van der Waals surface area (Å²) in [5, 5.41) is 22.8. The quantitative estimate of drug-likeness (QED) is 0.531. The third-order valence-electron chi connectivity index (χ3n) is 5.34. The van der Waals surface area contributed by atoms with E-state index in [0.717, 1.165) is 31.8 Å². The number of nitrogens with one attached hydrogen (secondary N) is 1. The number of rotatable bonds is 7. The van der Waals surface area contributed by atoms with E-state index in [1.165, 1.54) is 13.3 Å². The van der Waals surface area contributed by atoms with E-state index in [1.807, 2.05) is 0 Å². The zero-order valence-corrected chi connectivity index (χ0v) is 18.7. The molecule has 10 heteroatoms. The summed E-state index contributed by atoms with van der Waals surface area (Å²) in [5.74, 6) is -0.00627. The Bertz CT molecular complexity index is 1210. The molecular weight excluding hydrogens is 451 g/mol. The summed E-state index contributed by atoms with van der Waals surface area (Å²) in [7, 11) is 1.52. The van der Waals surface area contributed by atoms with Crippen LogP contribution in [0.3, 0.4) is 0 Å². The third kappa shape index (κ3) is 5.03. The SMILES string of the molecule is COc1cc2c(Nc3cc(O)c(Cl)cc3F)c(C#N)cnc2cc1OCCN1CCOCC1. The number of pyridine rings is 1. The van der Waals surface area contributed by atoms with Crippen molar-refractivity contribution in [2.45, 2.75) is 0 Å².